The highest BCUT2D eigenvalue weighted by Crippen LogP contribution is 2.31. The van der Waals surface area contributed by atoms with Gasteiger partial charge in [0.15, 0.2) is 0 Å². The van der Waals surface area contributed by atoms with Gasteiger partial charge < -0.3 is 5.73 Å². The molecular formula is C14H13FN2S. The van der Waals surface area contributed by atoms with Gasteiger partial charge in [0, 0.05) is 15.4 Å². The lowest BCUT2D eigenvalue weighted by molar-refractivity contribution is 0.626. The highest BCUT2D eigenvalue weighted by atomic mass is 32.2. The van der Waals surface area contributed by atoms with E-state index in [0.717, 1.165) is 15.4 Å². The molecule has 0 fully saturated rings. The minimum atomic E-state index is -0.254. The third-order valence-corrected chi connectivity index (χ3v) is 3.53. The van der Waals surface area contributed by atoms with Gasteiger partial charge in [-0.05, 0) is 48.9 Å². The van der Waals surface area contributed by atoms with Gasteiger partial charge in [-0.3, -0.25) is 5.41 Å². The zero-order valence-corrected chi connectivity index (χ0v) is 10.7. The molecule has 0 aliphatic rings. The van der Waals surface area contributed by atoms with Gasteiger partial charge in [0.2, 0.25) is 0 Å². The number of rotatable bonds is 3. The summed E-state index contributed by atoms with van der Waals surface area (Å²) in [7, 11) is 0. The van der Waals surface area contributed by atoms with Crippen LogP contribution in [0, 0.1) is 18.2 Å². The first-order valence-corrected chi connectivity index (χ1v) is 6.26. The van der Waals surface area contributed by atoms with Crippen LogP contribution in [0.15, 0.2) is 52.3 Å². The molecule has 0 aromatic heterocycles. The molecule has 0 amide bonds. The van der Waals surface area contributed by atoms with Crippen molar-refractivity contribution in [3.8, 4) is 0 Å². The summed E-state index contributed by atoms with van der Waals surface area (Å²) < 4.78 is 12.8. The van der Waals surface area contributed by atoms with E-state index in [0.29, 0.717) is 5.56 Å². The lowest BCUT2D eigenvalue weighted by atomic mass is 10.1. The third kappa shape index (κ3) is 2.90. The maximum Gasteiger partial charge on any atom is 0.123 e. The van der Waals surface area contributed by atoms with Crippen molar-refractivity contribution in [2.75, 3.05) is 0 Å². The number of hydrogen-bond donors (Lipinski definition) is 2. The van der Waals surface area contributed by atoms with Crippen molar-refractivity contribution in [2.45, 2.75) is 16.7 Å². The minimum absolute atomic E-state index is 0.0413. The molecule has 0 spiro atoms. The topological polar surface area (TPSA) is 49.9 Å². The standard InChI is InChI=1S/C14H13FN2S/c1-9-2-7-12(14(16)17)13(8-9)18-11-5-3-10(15)4-6-11/h2-8H,1H3,(H3,16,17). The summed E-state index contributed by atoms with van der Waals surface area (Å²) >= 11 is 1.48. The second kappa shape index (κ2) is 5.23. The van der Waals surface area contributed by atoms with E-state index in [1.54, 1.807) is 12.1 Å². The Bertz CT molecular complexity index is 579. The molecule has 0 radical (unpaired) electrons. The molecule has 0 unspecified atom stereocenters. The van der Waals surface area contributed by atoms with E-state index in [1.807, 2.05) is 25.1 Å². The minimum Gasteiger partial charge on any atom is -0.384 e. The Morgan fingerprint density at radius 3 is 2.44 bits per heavy atom. The quantitative estimate of drug-likeness (QED) is 0.654. The fraction of sp³-hybridized carbons (Fsp3) is 0.0714. The average Bonchev–Trinajstić information content (AvgIpc) is 2.32. The number of nitrogen functional groups attached to an aromatic ring is 1. The first kappa shape index (κ1) is 12.6. The smallest absolute Gasteiger partial charge is 0.123 e. The van der Waals surface area contributed by atoms with Gasteiger partial charge >= 0.3 is 0 Å². The first-order chi connectivity index (χ1) is 8.56. The highest BCUT2D eigenvalue weighted by molar-refractivity contribution is 7.99. The Labute approximate surface area is 110 Å². The Morgan fingerprint density at radius 1 is 1.17 bits per heavy atom. The Kier molecular flexibility index (Phi) is 3.67. The second-order valence-corrected chi connectivity index (χ2v) is 5.08. The summed E-state index contributed by atoms with van der Waals surface area (Å²) in [6, 6.07) is 12.0. The zero-order valence-electron chi connectivity index (χ0n) is 9.91. The lowest BCUT2D eigenvalue weighted by Gasteiger charge is -2.09. The molecule has 2 rings (SSSR count). The van der Waals surface area contributed by atoms with Gasteiger partial charge in [-0.1, -0.05) is 17.8 Å². The van der Waals surface area contributed by atoms with E-state index in [4.69, 9.17) is 11.1 Å². The molecule has 0 aliphatic heterocycles. The average molecular weight is 260 g/mol. The molecule has 0 saturated carbocycles. The molecule has 0 saturated heterocycles. The summed E-state index contributed by atoms with van der Waals surface area (Å²) in [6.45, 7) is 1.98. The van der Waals surface area contributed by atoms with E-state index in [2.05, 4.69) is 0 Å². The summed E-state index contributed by atoms with van der Waals surface area (Å²) in [5.74, 6) is -0.213. The van der Waals surface area contributed by atoms with Crippen LogP contribution in [-0.2, 0) is 0 Å². The number of nitrogens with one attached hydrogen (secondary N) is 1. The molecule has 2 aromatic carbocycles. The normalized spacial score (nSPS) is 10.3. The predicted molar refractivity (Wildman–Crippen MR) is 72.7 cm³/mol. The largest absolute Gasteiger partial charge is 0.384 e. The molecular weight excluding hydrogens is 247 g/mol. The Balaban J connectivity index is 2.35. The molecule has 0 aliphatic carbocycles. The molecule has 2 nitrogen and oxygen atoms in total. The fourth-order valence-electron chi connectivity index (χ4n) is 1.57. The maximum absolute atomic E-state index is 12.8. The third-order valence-electron chi connectivity index (χ3n) is 2.47. The summed E-state index contributed by atoms with van der Waals surface area (Å²) in [4.78, 5) is 1.83. The van der Waals surface area contributed by atoms with Crippen LogP contribution in [0.2, 0.25) is 0 Å². The summed E-state index contributed by atoms with van der Waals surface area (Å²) in [6.07, 6.45) is 0. The van der Waals surface area contributed by atoms with Crippen molar-refractivity contribution >= 4 is 17.6 Å². The van der Waals surface area contributed by atoms with Crippen molar-refractivity contribution < 1.29 is 4.39 Å². The number of halogens is 1. The van der Waals surface area contributed by atoms with Gasteiger partial charge in [-0.2, -0.15) is 0 Å². The van der Waals surface area contributed by atoms with E-state index in [1.165, 1.54) is 23.9 Å². The van der Waals surface area contributed by atoms with Crippen LogP contribution in [0.1, 0.15) is 11.1 Å². The van der Waals surface area contributed by atoms with Crippen LogP contribution >= 0.6 is 11.8 Å². The van der Waals surface area contributed by atoms with E-state index in [-0.39, 0.29) is 11.7 Å². The van der Waals surface area contributed by atoms with Crippen molar-refractivity contribution in [1.29, 1.82) is 5.41 Å². The van der Waals surface area contributed by atoms with Crippen LogP contribution < -0.4 is 5.73 Å². The van der Waals surface area contributed by atoms with E-state index >= 15 is 0 Å². The van der Waals surface area contributed by atoms with Gasteiger partial charge in [-0.25, -0.2) is 4.39 Å². The number of amidine groups is 1. The Hall–Kier alpha value is -1.81. The zero-order chi connectivity index (χ0) is 13.1. The van der Waals surface area contributed by atoms with Crippen molar-refractivity contribution in [1.82, 2.24) is 0 Å². The molecule has 3 N–H and O–H groups in total. The molecule has 92 valence electrons. The fourth-order valence-corrected chi connectivity index (χ4v) is 2.62. The van der Waals surface area contributed by atoms with Crippen LogP contribution in [0.25, 0.3) is 0 Å². The van der Waals surface area contributed by atoms with Crippen LogP contribution in [0.4, 0.5) is 4.39 Å². The van der Waals surface area contributed by atoms with Crippen molar-refractivity contribution in [2.24, 2.45) is 5.73 Å². The first-order valence-electron chi connectivity index (χ1n) is 5.45. The van der Waals surface area contributed by atoms with E-state index < -0.39 is 0 Å². The lowest BCUT2D eigenvalue weighted by Crippen LogP contribution is -2.12. The molecule has 4 heteroatoms. The van der Waals surface area contributed by atoms with Crippen molar-refractivity contribution in [3.05, 3.63) is 59.4 Å². The predicted octanol–water partition coefficient (Wildman–Crippen LogP) is 3.57. The second-order valence-electron chi connectivity index (χ2n) is 3.97. The molecule has 2 aromatic rings. The van der Waals surface area contributed by atoms with Gasteiger partial charge in [-0.15, -0.1) is 0 Å². The molecule has 0 atom stereocenters. The highest BCUT2D eigenvalue weighted by Gasteiger charge is 2.07. The number of nitrogens with two attached hydrogens (primary N) is 1. The van der Waals surface area contributed by atoms with Crippen molar-refractivity contribution in [3.63, 3.8) is 0 Å². The van der Waals surface area contributed by atoms with Gasteiger partial charge in [0.1, 0.15) is 11.7 Å². The van der Waals surface area contributed by atoms with Crippen LogP contribution in [0.5, 0.6) is 0 Å². The molecule has 0 heterocycles. The monoisotopic (exact) mass is 260 g/mol. The van der Waals surface area contributed by atoms with Crippen LogP contribution in [-0.4, -0.2) is 5.84 Å². The summed E-state index contributed by atoms with van der Waals surface area (Å²) in [5.41, 5.74) is 7.36. The maximum atomic E-state index is 12.8. The number of benzene rings is 2. The molecule has 0 bridgehead atoms. The van der Waals surface area contributed by atoms with Gasteiger partial charge in [0.05, 0.1) is 0 Å². The SMILES string of the molecule is Cc1ccc(C(=N)N)c(Sc2ccc(F)cc2)c1. The number of aryl methyl sites for hydroxylation is 1. The van der Waals surface area contributed by atoms with Crippen LogP contribution in [0.3, 0.4) is 0 Å². The summed E-state index contributed by atoms with van der Waals surface area (Å²) in [5, 5.41) is 7.55. The molecule has 18 heavy (non-hydrogen) atoms. The number of hydrogen-bond acceptors (Lipinski definition) is 2. The Morgan fingerprint density at radius 2 is 1.83 bits per heavy atom. The van der Waals surface area contributed by atoms with E-state index in [9.17, 15) is 4.39 Å². The van der Waals surface area contributed by atoms with Gasteiger partial charge in [0.25, 0.3) is 0 Å².